The van der Waals surface area contributed by atoms with E-state index in [1.54, 1.807) is 0 Å². The number of benzene rings is 9. The molecular formula is C74H37N8+5. The van der Waals surface area contributed by atoms with Crippen molar-refractivity contribution in [2.24, 2.45) is 0 Å². The molecule has 9 aliphatic heterocycles. The Balaban J connectivity index is 0.813. The maximum Gasteiger partial charge on any atom is 0.667 e. The van der Waals surface area contributed by atoms with E-state index in [0.717, 1.165) is 0 Å². The number of hydrogen-bond donors (Lipinski definition) is 0. The van der Waals surface area contributed by atoms with Crippen LogP contribution in [-0.2, 0) is 11.8 Å². The third-order valence-corrected chi connectivity index (χ3v) is 21.4. The summed E-state index contributed by atoms with van der Waals surface area (Å²) in [5.74, 6) is -1.62. The molecular weight excluding hydrogens is 1000 g/mol. The van der Waals surface area contributed by atoms with Gasteiger partial charge in [0.15, 0.2) is 0 Å². The lowest BCUT2D eigenvalue weighted by Gasteiger charge is -2.39. The monoisotopic (exact) mass is 1040 g/mol. The highest BCUT2D eigenvalue weighted by atomic mass is 15.6. The summed E-state index contributed by atoms with van der Waals surface area (Å²) in [6, 6.07) is 83.0. The van der Waals surface area contributed by atoms with Gasteiger partial charge in [-0.2, -0.15) is 4.57 Å². The molecule has 8 nitrogen and oxygen atoms in total. The average Bonchev–Trinajstić information content (AvgIpc) is 1.48. The zero-order chi connectivity index (χ0) is 51.9. The zero-order valence-corrected chi connectivity index (χ0v) is 43.4. The average molecular weight is 1040 g/mol. The molecule has 8 heteroatoms. The summed E-state index contributed by atoms with van der Waals surface area (Å²) in [7, 11) is 0. The third kappa shape index (κ3) is 3.50. The number of para-hydroxylation sites is 4. The molecule has 0 saturated heterocycles. The highest BCUT2D eigenvalue weighted by Crippen LogP contribution is 2.56. The second kappa shape index (κ2) is 11.7. The van der Waals surface area contributed by atoms with Crippen molar-refractivity contribution in [2.45, 2.75) is 17.7 Å². The Bertz CT molecular complexity index is 6240. The van der Waals surface area contributed by atoms with Crippen molar-refractivity contribution in [3.8, 4) is 45.0 Å². The van der Waals surface area contributed by atoms with Gasteiger partial charge in [0.25, 0.3) is 11.0 Å². The predicted octanol–water partition coefficient (Wildman–Crippen LogP) is 11.3. The van der Waals surface area contributed by atoms with Crippen LogP contribution in [0.1, 0.15) is 34.1 Å². The number of hydrogen-bond acceptors (Lipinski definition) is 0. The van der Waals surface area contributed by atoms with Gasteiger partial charge in [-0.15, -0.1) is 0 Å². The van der Waals surface area contributed by atoms with Crippen molar-refractivity contribution in [3.05, 3.63) is 257 Å². The summed E-state index contributed by atoms with van der Waals surface area (Å²) in [5, 5.41) is 16.4. The smallest absolute Gasteiger partial charge is 0.201 e. The van der Waals surface area contributed by atoms with Crippen LogP contribution in [0.15, 0.2) is 218 Å². The summed E-state index contributed by atoms with van der Waals surface area (Å²) >= 11 is 0. The van der Waals surface area contributed by atoms with Crippen LogP contribution in [0.5, 0.6) is 0 Å². The van der Waals surface area contributed by atoms with E-state index >= 15 is 0 Å². The lowest BCUT2D eigenvalue weighted by Crippen LogP contribution is -2.85. The van der Waals surface area contributed by atoms with Gasteiger partial charge in [-0.1, -0.05) is 88.0 Å². The van der Waals surface area contributed by atoms with Crippen LogP contribution in [0.3, 0.4) is 0 Å². The van der Waals surface area contributed by atoms with Gasteiger partial charge in [0.2, 0.25) is 33.8 Å². The van der Waals surface area contributed by atoms with Crippen molar-refractivity contribution in [2.75, 3.05) is 0 Å². The van der Waals surface area contributed by atoms with E-state index in [2.05, 4.69) is 255 Å². The van der Waals surface area contributed by atoms with Gasteiger partial charge in [-0.3, -0.25) is 0 Å². The Labute approximate surface area is 463 Å². The number of rotatable bonds is 2. The molecule has 0 radical (unpaired) electrons. The molecule has 0 fully saturated rings. The molecule has 2 spiro atoms. The van der Waals surface area contributed by atoms with Crippen molar-refractivity contribution in [1.29, 1.82) is 0 Å². The second-order valence-electron chi connectivity index (χ2n) is 24.6. The van der Waals surface area contributed by atoms with E-state index in [1.165, 1.54) is 193 Å². The molecule has 82 heavy (non-hydrogen) atoms. The first kappa shape index (κ1) is 38.7. The Morgan fingerprint density at radius 1 is 0.354 bits per heavy atom. The van der Waals surface area contributed by atoms with E-state index in [0.29, 0.717) is 0 Å². The minimum atomic E-state index is -0.770. The molecule has 16 aromatic rings. The minimum absolute atomic E-state index is 0.0995. The number of nitrogens with zero attached hydrogens (tertiary/aromatic N) is 8. The van der Waals surface area contributed by atoms with Crippen molar-refractivity contribution in [1.82, 2.24) is 18.3 Å². The molecule has 16 heterocycles. The fourth-order valence-electron chi connectivity index (χ4n) is 18.8. The van der Waals surface area contributed by atoms with E-state index in [-0.39, 0.29) is 5.92 Å². The van der Waals surface area contributed by atoms with E-state index in [4.69, 9.17) is 0 Å². The molecule has 9 aromatic carbocycles. The quantitative estimate of drug-likeness (QED) is 0.0939. The van der Waals surface area contributed by atoms with Crippen LogP contribution >= 0.6 is 0 Å². The van der Waals surface area contributed by atoms with Crippen LogP contribution in [0.4, 0.5) is 0 Å². The van der Waals surface area contributed by atoms with Crippen molar-refractivity contribution >= 4 is 110 Å². The van der Waals surface area contributed by atoms with E-state index < -0.39 is 11.8 Å². The summed E-state index contributed by atoms with van der Waals surface area (Å²) in [5.41, 5.74) is 28.0. The number of allylic oxidation sites excluding steroid dienone is 1. The first-order chi connectivity index (χ1) is 40.7. The van der Waals surface area contributed by atoms with E-state index in [9.17, 15) is 0 Å². The second-order valence-corrected chi connectivity index (χ2v) is 24.6. The van der Waals surface area contributed by atoms with Gasteiger partial charge >= 0.3 is 22.9 Å². The standard InChI is InChI=1S/C74H37N8/c1-7-41-31-42-8-2-14-48(64-61-34-45-11-5-17-51-57-29-25-39-21-22-40-26-30-58-52-18-6-12-46-35-62(64)82(68(46)52)74(81(61)67(45)51)77(57)71(39)72(40)78(58)74)54(42)36-53(41)47(13-1)63-59-32-43-9-3-15-49-55-27-23-37-19-20-38-24-28-56-50-16-4-10-44-33-60(63)80(66(44)50)73(79(59)65(43)49)75(55)69(37)70(38)76(56)73/h1-36,63H/q+5. The number of fused-ring (bicyclic) bond motifs is 6. The maximum atomic E-state index is 2.78. The van der Waals surface area contributed by atoms with Crippen LogP contribution < -0.4 is 33.4 Å². The molecule has 0 bridgehead atoms. The first-order valence-corrected chi connectivity index (χ1v) is 28.9. The van der Waals surface area contributed by atoms with Crippen LogP contribution in [0.2, 0.25) is 0 Å². The molecule has 7 aromatic heterocycles. The van der Waals surface area contributed by atoms with Gasteiger partial charge < -0.3 is 0 Å². The molecule has 0 saturated carbocycles. The molecule has 1 atom stereocenters. The molecule has 25 rings (SSSR count). The van der Waals surface area contributed by atoms with Crippen molar-refractivity contribution in [3.63, 3.8) is 0 Å². The highest BCUT2D eigenvalue weighted by Gasteiger charge is 2.79. The molecule has 0 N–H and O–H groups in total. The molecule has 1 unspecified atom stereocenters. The van der Waals surface area contributed by atoms with Crippen LogP contribution in [0, 0.1) is 0 Å². The van der Waals surface area contributed by atoms with Crippen LogP contribution in [0.25, 0.3) is 155 Å². The van der Waals surface area contributed by atoms with Gasteiger partial charge in [0.1, 0.15) is 5.56 Å². The summed E-state index contributed by atoms with van der Waals surface area (Å²) < 4.78 is 21.9. The number of pyridine rings is 4. The highest BCUT2D eigenvalue weighted by molar-refractivity contribution is 6.11. The fourth-order valence-corrected chi connectivity index (χ4v) is 18.8. The Hall–Kier alpha value is -10.8. The molecule has 0 aliphatic carbocycles. The van der Waals surface area contributed by atoms with Gasteiger partial charge in [-0.25, -0.2) is 9.13 Å². The molecule has 368 valence electrons. The summed E-state index contributed by atoms with van der Waals surface area (Å²) in [6.07, 6.45) is 2.51. The van der Waals surface area contributed by atoms with Gasteiger partial charge in [0, 0.05) is 57.9 Å². The minimum Gasteiger partial charge on any atom is -0.201 e. The summed E-state index contributed by atoms with van der Waals surface area (Å²) in [6.45, 7) is 0. The van der Waals surface area contributed by atoms with Crippen LogP contribution in [-0.4, -0.2) is 13.7 Å². The number of aromatic nitrogens is 7. The Kier molecular flexibility index (Phi) is 5.54. The lowest BCUT2D eigenvalue weighted by molar-refractivity contribution is -0.968. The Morgan fingerprint density at radius 2 is 0.817 bits per heavy atom. The maximum absolute atomic E-state index is 2.78. The van der Waals surface area contributed by atoms with Gasteiger partial charge in [-0.05, 0) is 156 Å². The van der Waals surface area contributed by atoms with Crippen molar-refractivity contribution < 1.29 is 18.3 Å². The largest absolute Gasteiger partial charge is 0.667 e. The third-order valence-electron chi connectivity index (χ3n) is 21.4. The molecule has 0 amide bonds. The first-order valence-electron chi connectivity index (χ1n) is 28.9. The topological polar surface area (TPSA) is 33.3 Å². The van der Waals surface area contributed by atoms with Gasteiger partial charge in [0.05, 0.1) is 77.2 Å². The zero-order valence-electron chi connectivity index (χ0n) is 43.4. The summed E-state index contributed by atoms with van der Waals surface area (Å²) in [4.78, 5) is 0. The predicted molar refractivity (Wildman–Crippen MR) is 318 cm³/mol. The SMILES string of the molecule is C1=c2cccc3c2=[N+]2C1=C(c1cccc4cc5cccc(C6c7cc8cccc9c8n7C78n%10c6cc6cccc(c6%10)-c6ccc%10ccc%11ccc-9[n+]7c%11c%10[n+]68)c5cc14)c1cc4cccc5c4n1C21[n+]2c-3ccc3ccc4ccc-5[n+]1c4c32. The van der Waals surface area contributed by atoms with E-state index in [1.807, 2.05) is 0 Å². The molecule has 9 aliphatic rings. The fraction of sp³-hybridized carbons (Fsp3) is 0.0405. The Morgan fingerprint density at radius 3 is 1.43 bits per heavy atom. The lowest BCUT2D eigenvalue weighted by atomic mass is 9.85. The normalized spacial score (nSPS) is 17.9.